The third kappa shape index (κ3) is 4.70. The molecule has 1 fully saturated rings. The number of benzene rings is 2. The van der Waals surface area contributed by atoms with Gasteiger partial charge >= 0.3 is 5.97 Å². The van der Waals surface area contributed by atoms with Crippen molar-refractivity contribution in [3.05, 3.63) is 71.8 Å². The number of hydrogen-bond acceptors (Lipinski definition) is 3. The van der Waals surface area contributed by atoms with E-state index in [1.54, 1.807) is 0 Å². The Morgan fingerprint density at radius 2 is 1.52 bits per heavy atom. The van der Waals surface area contributed by atoms with E-state index < -0.39 is 0 Å². The van der Waals surface area contributed by atoms with Crippen molar-refractivity contribution in [1.29, 1.82) is 0 Å². The van der Waals surface area contributed by atoms with Gasteiger partial charge in [0.2, 0.25) is 0 Å². The van der Waals surface area contributed by atoms with Crippen LogP contribution in [-0.4, -0.2) is 37.1 Å². The summed E-state index contributed by atoms with van der Waals surface area (Å²) < 4.78 is 5.66. The molecule has 0 atom stereocenters. The van der Waals surface area contributed by atoms with E-state index in [-0.39, 0.29) is 11.9 Å². The third-order valence-corrected chi connectivity index (χ3v) is 5.14. The van der Waals surface area contributed by atoms with Crippen LogP contribution in [-0.2, 0) is 9.53 Å². The summed E-state index contributed by atoms with van der Waals surface area (Å²) in [6, 6.07) is 20.4. The van der Waals surface area contributed by atoms with E-state index in [4.69, 9.17) is 4.74 Å². The molecule has 2 aromatic rings. The standard InChI is InChI=1S/C22H27NO2/c1-23(20-14-8-9-15-20)16-17-25-22(24)21(18-10-4-2-5-11-18)19-12-6-3-7-13-19/h2-7,10-13,20-21H,8-9,14-17H2,1H3. The van der Waals surface area contributed by atoms with E-state index in [9.17, 15) is 4.79 Å². The zero-order chi connectivity index (χ0) is 17.5. The number of ether oxygens (including phenoxy) is 1. The second-order valence-electron chi connectivity index (χ2n) is 6.84. The first-order valence-electron chi connectivity index (χ1n) is 9.22. The van der Waals surface area contributed by atoms with Crippen LogP contribution < -0.4 is 0 Å². The first-order valence-corrected chi connectivity index (χ1v) is 9.22. The number of esters is 1. The molecule has 1 aliphatic carbocycles. The van der Waals surface area contributed by atoms with Crippen molar-refractivity contribution < 1.29 is 9.53 Å². The zero-order valence-corrected chi connectivity index (χ0v) is 14.9. The Morgan fingerprint density at radius 3 is 2.04 bits per heavy atom. The quantitative estimate of drug-likeness (QED) is 0.708. The number of carbonyl (C=O) groups is 1. The highest BCUT2D eigenvalue weighted by atomic mass is 16.5. The van der Waals surface area contributed by atoms with Gasteiger partial charge in [-0.15, -0.1) is 0 Å². The fourth-order valence-corrected chi connectivity index (χ4v) is 3.66. The average molecular weight is 337 g/mol. The molecule has 1 saturated carbocycles. The largest absolute Gasteiger partial charge is 0.464 e. The summed E-state index contributed by atoms with van der Waals surface area (Å²) in [7, 11) is 2.13. The van der Waals surface area contributed by atoms with Crippen molar-refractivity contribution in [2.45, 2.75) is 37.6 Å². The Labute approximate surface area is 150 Å². The Bertz CT molecular complexity index is 611. The molecule has 3 nitrogen and oxygen atoms in total. The van der Waals surface area contributed by atoms with Gasteiger partial charge in [0.15, 0.2) is 0 Å². The van der Waals surface area contributed by atoms with Crippen molar-refractivity contribution >= 4 is 5.97 Å². The number of rotatable bonds is 7. The highest BCUT2D eigenvalue weighted by Crippen LogP contribution is 2.26. The van der Waals surface area contributed by atoms with Crippen LogP contribution in [0.25, 0.3) is 0 Å². The van der Waals surface area contributed by atoms with E-state index in [0.29, 0.717) is 12.6 Å². The van der Waals surface area contributed by atoms with Gasteiger partial charge in [-0.05, 0) is 31.0 Å². The maximum Gasteiger partial charge on any atom is 0.317 e. The van der Waals surface area contributed by atoms with E-state index in [1.165, 1.54) is 25.7 Å². The van der Waals surface area contributed by atoms with Crippen molar-refractivity contribution in [3.8, 4) is 0 Å². The molecule has 3 heteroatoms. The molecule has 0 spiro atoms. The summed E-state index contributed by atoms with van der Waals surface area (Å²) in [4.78, 5) is 15.1. The molecular formula is C22H27NO2. The minimum absolute atomic E-state index is 0.169. The van der Waals surface area contributed by atoms with Crippen molar-refractivity contribution in [1.82, 2.24) is 4.90 Å². The highest BCUT2D eigenvalue weighted by Gasteiger charge is 2.25. The molecule has 0 bridgehead atoms. The molecule has 132 valence electrons. The molecule has 0 unspecified atom stereocenters. The molecule has 25 heavy (non-hydrogen) atoms. The molecule has 0 radical (unpaired) electrons. The summed E-state index contributed by atoms with van der Waals surface area (Å²) in [5.74, 6) is -0.531. The van der Waals surface area contributed by atoms with Crippen molar-refractivity contribution in [3.63, 3.8) is 0 Å². The second-order valence-corrected chi connectivity index (χ2v) is 6.84. The van der Waals surface area contributed by atoms with Gasteiger partial charge in [0.25, 0.3) is 0 Å². The molecule has 0 heterocycles. The zero-order valence-electron chi connectivity index (χ0n) is 14.9. The van der Waals surface area contributed by atoms with E-state index in [2.05, 4.69) is 11.9 Å². The van der Waals surface area contributed by atoms with E-state index in [1.807, 2.05) is 60.7 Å². The van der Waals surface area contributed by atoms with Crippen molar-refractivity contribution in [2.24, 2.45) is 0 Å². The SMILES string of the molecule is CN(CCOC(=O)C(c1ccccc1)c1ccccc1)C1CCCC1. The van der Waals surface area contributed by atoms with Gasteiger partial charge in [0.05, 0.1) is 0 Å². The normalized spacial score (nSPS) is 15.0. The van der Waals surface area contributed by atoms with Crippen LogP contribution in [0.2, 0.25) is 0 Å². The predicted octanol–water partition coefficient (Wildman–Crippen LogP) is 4.24. The molecule has 2 aromatic carbocycles. The minimum atomic E-state index is -0.362. The molecule has 0 aromatic heterocycles. The molecule has 1 aliphatic rings. The lowest BCUT2D eigenvalue weighted by Gasteiger charge is -2.24. The lowest BCUT2D eigenvalue weighted by molar-refractivity contribution is -0.144. The van der Waals surface area contributed by atoms with Crippen LogP contribution in [0.15, 0.2) is 60.7 Å². The van der Waals surface area contributed by atoms with Gasteiger partial charge in [-0.1, -0.05) is 73.5 Å². The van der Waals surface area contributed by atoms with Crippen molar-refractivity contribution in [2.75, 3.05) is 20.2 Å². The first kappa shape index (κ1) is 17.7. The summed E-state index contributed by atoms with van der Waals surface area (Å²) in [6.45, 7) is 1.24. The number of nitrogens with zero attached hydrogens (tertiary/aromatic N) is 1. The maximum atomic E-state index is 12.8. The summed E-state index contributed by atoms with van der Waals surface area (Å²) >= 11 is 0. The number of likely N-dealkylation sites (N-methyl/N-ethyl adjacent to an activating group) is 1. The Hall–Kier alpha value is -2.13. The van der Waals surface area contributed by atoms with Gasteiger partial charge in [-0.2, -0.15) is 0 Å². The maximum absolute atomic E-state index is 12.8. The van der Waals surface area contributed by atoms with E-state index in [0.717, 1.165) is 17.7 Å². The minimum Gasteiger partial charge on any atom is -0.464 e. The van der Waals surface area contributed by atoms with Gasteiger partial charge < -0.3 is 9.64 Å². The summed E-state index contributed by atoms with van der Waals surface area (Å²) in [6.07, 6.45) is 5.17. The fraction of sp³-hybridized carbons (Fsp3) is 0.409. The average Bonchev–Trinajstić information content (AvgIpc) is 3.18. The van der Waals surface area contributed by atoms with Crippen LogP contribution in [0, 0.1) is 0 Å². The summed E-state index contributed by atoms with van der Waals surface area (Å²) in [5.41, 5.74) is 1.95. The smallest absolute Gasteiger partial charge is 0.317 e. The van der Waals surface area contributed by atoms with Crippen LogP contribution in [0.3, 0.4) is 0 Å². The van der Waals surface area contributed by atoms with Crippen LogP contribution >= 0.6 is 0 Å². The van der Waals surface area contributed by atoms with E-state index >= 15 is 0 Å². The van der Waals surface area contributed by atoms with Gasteiger partial charge in [0.1, 0.15) is 12.5 Å². The highest BCUT2D eigenvalue weighted by molar-refractivity contribution is 5.82. The second kappa shape index (κ2) is 8.82. The lowest BCUT2D eigenvalue weighted by Crippen LogP contribution is -2.33. The molecule has 0 saturated heterocycles. The Balaban J connectivity index is 1.63. The molecule has 3 rings (SSSR count). The molecule has 0 N–H and O–H groups in total. The van der Waals surface area contributed by atoms with Gasteiger partial charge in [-0.3, -0.25) is 4.79 Å². The number of carbonyl (C=O) groups excluding carboxylic acids is 1. The monoisotopic (exact) mass is 337 g/mol. The van der Waals surface area contributed by atoms with Crippen LogP contribution in [0.5, 0.6) is 0 Å². The number of hydrogen-bond donors (Lipinski definition) is 0. The first-order chi connectivity index (χ1) is 12.3. The van der Waals surface area contributed by atoms with Crippen LogP contribution in [0.1, 0.15) is 42.7 Å². The third-order valence-electron chi connectivity index (χ3n) is 5.14. The molecular weight excluding hydrogens is 310 g/mol. The van der Waals surface area contributed by atoms with Crippen LogP contribution in [0.4, 0.5) is 0 Å². The molecule has 0 amide bonds. The Morgan fingerprint density at radius 1 is 1.00 bits per heavy atom. The van der Waals surface area contributed by atoms with Gasteiger partial charge in [0, 0.05) is 12.6 Å². The lowest BCUT2D eigenvalue weighted by atomic mass is 9.91. The predicted molar refractivity (Wildman–Crippen MR) is 101 cm³/mol. The summed E-state index contributed by atoms with van der Waals surface area (Å²) in [5, 5.41) is 0. The van der Waals surface area contributed by atoms with Gasteiger partial charge in [-0.25, -0.2) is 0 Å². The fourth-order valence-electron chi connectivity index (χ4n) is 3.66. The topological polar surface area (TPSA) is 29.5 Å². The molecule has 0 aliphatic heterocycles. The Kier molecular flexibility index (Phi) is 6.24.